The Kier molecular flexibility index (Phi) is 1.62. The van der Waals surface area contributed by atoms with Crippen LogP contribution < -0.4 is 10.3 Å². The minimum Gasteiger partial charge on any atom is -0.408 e. The van der Waals surface area contributed by atoms with Crippen LogP contribution >= 0.6 is 15.9 Å². The minimum absolute atomic E-state index is 0.294. The normalized spacial score (nSPS) is 21.1. The van der Waals surface area contributed by atoms with E-state index >= 15 is 0 Å². The van der Waals surface area contributed by atoms with Crippen molar-refractivity contribution in [1.29, 1.82) is 0 Å². The summed E-state index contributed by atoms with van der Waals surface area (Å²) in [6.45, 7) is 2.07. The second-order valence-corrected chi connectivity index (χ2v) is 3.54. The van der Waals surface area contributed by atoms with Gasteiger partial charge in [0.1, 0.15) is 0 Å². The molecule has 3 heteroatoms. The quantitative estimate of drug-likeness (QED) is 0.715. The van der Waals surface area contributed by atoms with E-state index < -0.39 is 0 Å². The zero-order chi connectivity index (χ0) is 7.84. The summed E-state index contributed by atoms with van der Waals surface area (Å²) in [7, 11) is 0. The van der Waals surface area contributed by atoms with Crippen LogP contribution in [0.5, 0.6) is 5.75 Å². The fourth-order valence-corrected chi connectivity index (χ4v) is 1.54. The van der Waals surface area contributed by atoms with Gasteiger partial charge in [-0.15, -0.1) is 5.48 Å². The van der Waals surface area contributed by atoms with Gasteiger partial charge in [-0.05, 0) is 25.1 Å². The summed E-state index contributed by atoms with van der Waals surface area (Å²) in [5, 5.41) is 0. The maximum Gasteiger partial charge on any atom is 0.152 e. The molecule has 0 aliphatic carbocycles. The van der Waals surface area contributed by atoms with Crippen molar-refractivity contribution in [2.75, 3.05) is 0 Å². The summed E-state index contributed by atoms with van der Waals surface area (Å²) in [5.74, 6) is 0.931. The molecule has 1 atom stereocenters. The first kappa shape index (κ1) is 7.13. The predicted molar refractivity (Wildman–Crippen MR) is 46.3 cm³/mol. The molecule has 0 radical (unpaired) electrons. The van der Waals surface area contributed by atoms with Gasteiger partial charge in [-0.3, -0.25) is 0 Å². The third-order valence-electron chi connectivity index (χ3n) is 1.78. The Balaban J connectivity index is 2.52. The predicted octanol–water partition coefficient (Wildman–Crippen LogP) is 2.41. The molecule has 1 N–H and O–H groups in total. The average molecular weight is 214 g/mol. The molecule has 0 aromatic heterocycles. The molecule has 1 aliphatic rings. The van der Waals surface area contributed by atoms with Gasteiger partial charge in [0.05, 0.1) is 6.04 Å². The third-order valence-corrected chi connectivity index (χ3v) is 2.28. The molecular formula is C8H8BrNO. The number of fused-ring (bicyclic) bond motifs is 1. The zero-order valence-corrected chi connectivity index (χ0v) is 7.68. The van der Waals surface area contributed by atoms with Gasteiger partial charge in [0.2, 0.25) is 0 Å². The largest absolute Gasteiger partial charge is 0.408 e. The first-order chi connectivity index (χ1) is 5.27. The molecule has 1 unspecified atom stereocenters. The smallest absolute Gasteiger partial charge is 0.152 e. The van der Waals surface area contributed by atoms with Crippen molar-refractivity contribution in [3.63, 3.8) is 0 Å². The minimum atomic E-state index is 0.294. The van der Waals surface area contributed by atoms with Crippen LogP contribution in [0.15, 0.2) is 22.7 Å². The van der Waals surface area contributed by atoms with E-state index in [4.69, 9.17) is 4.84 Å². The van der Waals surface area contributed by atoms with Crippen molar-refractivity contribution < 1.29 is 4.84 Å². The first-order valence-corrected chi connectivity index (χ1v) is 4.28. The average Bonchev–Trinajstić information content (AvgIpc) is 2.33. The molecule has 1 aromatic rings. The van der Waals surface area contributed by atoms with Gasteiger partial charge in [-0.1, -0.05) is 15.9 Å². The first-order valence-electron chi connectivity index (χ1n) is 3.49. The summed E-state index contributed by atoms with van der Waals surface area (Å²) in [6.07, 6.45) is 0. The Morgan fingerprint density at radius 3 is 3.18 bits per heavy atom. The topological polar surface area (TPSA) is 21.3 Å². The summed E-state index contributed by atoms with van der Waals surface area (Å²) in [6, 6.07) is 6.29. The Morgan fingerprint density at radius 1 is 1.55 bits per heavy atom. The molecule has 1 aromatic carbocycles. The molecule has 1 heterocycles. The summed E-state index contributed by atoms with van der Waals surface area (Å²) in [5.41, 5.74) is 4.10. The fraction of sp³-hybridized carbons (Fsp3) is 0.250. The van der Waals surface area contributed by atoms with Crippen molar-refractivity contribution in [1.82, 2.24) is 5.48 Å². The lowest BCUT2D eigenvalue weighted by Crippen LogP contribution is -2.12. The standard InChI is InChI=1S/C8H8BrNO/c1-5-7-4-6(9)2-3-8(7)11-10-5/h2-5,10H,1H3. The SMILES string of the molecule is CC1NOc2ccc(Br)cc21. The number of rotatable bonds is 0. The molecule has 0 spiro atoms. The number of hydroxylamine groups is 1. The number of hydrogen-bond acceptors (Lipinski definition) is 2. The van der Waals surface area contributed by atoms with Crippen LogP contribution in [0.4, 0.5) is 0 Å². The molecule has 2 nitrogen and oxygen atoms in total. The molecule has 0 saturated carbocycles. The number of benzene rings is 1. The van der Waals surface area contributed by atoms with Crippen LogP contribution in [-0.2, 0) is 0 Å². The highest BCUT2D eigenvalue weighted by atomic mass is 79.9. The highest BCUT2D eigenvalue weighted by Crippen LogP contribution is 2.32. The van der Waals surface area contributed by atoms with Gasteiger partial charge in [-0.2, -0.15) is 0 Å². The fourth-order valence-electron chi connectivity index (χ4n) is 1.17. The van der Waals surface area contributed by atoms with E-state index in [9.17, 15) is 0 Å². The van der Waals surface area contributed by atoms with Gasteiger partial charge < -0.3 is 4.84 Å². The lowest BCUT2D eigenvalue weighted by Gasteiger charge is -1.98. The Hall–Kier alpha value is -0.540. The van der Waals surface area contributed by atoms with E-state index in [1.54, 1.807) is 0 Å². The van der Waals surface area contributed by atoms with Crippen LogP contribution in [0.25, 0.3) is 0 Å². The van der Waals surface area contributed by atoms with Crippen LogP contribution in [0.2, 0.25) is 0 Å². The van der Waals surface area contributed by atoms with Crippen LogP contribution in [0, 0.1) is 0 Å². The van der Waals surface area contributed by atoms with E-state index in [1.165, 1.54) is 5.56 Å². The maximum absolute atomic E-state index is 5.19. The third kappa shape index (κ3) is 1.14. The number of hydrogen-bond donors (Lipinski definition) is 1. The molecule has 11 heavy (non-hydrogen) atoms. The Bertz CT molecular complexity index is 287. The molecule has 2 rings (SSSR count). The number of halogens is 1. The van der Waals surface area contributed by atoms with Gasteiger partial charge in [0.25, 0.3) is 0 Å². The second-order valence-electron chi connectivity index (χ2n) is 2.62. The zero-order valence-electron chi connectivity index (χ0n) is 6.10. The van der Waals surface area contributed by atoms with Crippen LogP contribution in [0.1, 0.15) is 18.5 Å². The van der Waals surface area contributed by atoms with E-state index in [1.807, 2.05) is 12.1 Å². The molecule has 58 valence electrons. The van der Waals surface area contributed by atoms with Crippen molar-refractivity contribution >= 4 is 15.9 Å². The lowest BCUT2D eigenvalue weighted by molar-refractivity contribution is 0.200. The molecule has 0 saturated heterocycles. The lowest BCUT2D eigenvalue weighted by atomic mass is 10.1. The molecule has 0 amide bonds. The summed E-state index contributed by atoms with van der Waals surface area (Å²) < 4.78 is 1.09. The second kappa shape index (κ2) is 2.50. The van der Waals surface area contributed by atoms with Gasteiger partial charge in [0.15, 0.2) is 5.75 Å². The van der Waals surface area contributed by atoms with Gasteiger partial charge in [0, 0.05) is 10.0 Å². The molecule has 0 bridgehead atoms. The van der Waals surface area contributed by atoms with E-state index in [-0.39, 0.29) is 0 Å². The highest BCUT2D eigenvalue weighted by Gasteiger charge is 2.19. The molecular weight excluding hydrogens is 206 g/mol. The van der Waals surface area contributed by atoms with Crippen LogP contribution in [0.3, 0.4) is 0 Å². The van der Waals surface area contributed by atoms with E-state index in [0.717, 1.165) is 10.2 Å². The monoisotopic (exact) mass is 213 g/mol. The van der Waals surface area contributed by atoms with Gasteiger partial charge in [-0.25, -0.2) is 0 Å². The maximum atomic E-state index is 5.19. The van der Waals surface area contributed by atoms with Crippen molar-refractivity contribution in [3.8, 4) is 5.75 Å². The highest BCUT2D eigenvalue weighted by molar-refractivity contribution is 9.10. The summed E-state index contributed by atoms with van der Waals surface area (Å²) in [4.78, 5) is 5.19. The van der Waals surface area contributed by atoms with Gasteiger partial charge >= 0.3 is 0 Å². The Labute approximate surface area is 73.6 Å². The van der Waals surface area contributed by atoms with Crippen molar-refractivity contribution in [3.05, 3.63) is 28.2 Å². The van der Waals surface area contributed by atoms with E-state index in [0.29, 0.717) is 6.04 Å². The van der Waals surface area contributed by atoms with Crippen molar-refractivity contribution in [2.24, 2.45) is 0 Å². The van der Waals surface area contributed by atoms with Crippen LogP contribution in [-0.4, -0.2) is 0 Å². The van der Waals surface area contributed by atoms with E-state index in [2.05, 4.69) is 34.4 Å². The molecule has 1 aliphatic heterocycles. The van der Waals surface area contributed by atoms with Crippen molar-refractivity contribution in [2.45, 2.75) is 13.0 Å². The Morgan fingerprint density at radius 2 is 2.36 bits per heavy atom. The number of nitrogens with one attached hydrogen (secondary N) is 1. The molecule has 0 fully saturated rings. The summed E-state index contributed by atoms with van der Waals surface area (Å²) >= 11 is 3.41.